The predicted octanol–water partition coefficient (Wildman–Crippen LogP) is 1.54. The number of aryl methyl sites for hydroxylation is 1. The highest BCUT2D eigenvalue weighted by Gasteiger charge is 2.26. The number of ether oxygens (including phenoxy) is 1. The van der Waals surface area contributed by atoms with E-state index in [-0.39, 0.29) is 11.9 Å². The van der Waals surface area contributed by atoms with Crippen LogP contribution in [-0.2, 0) is 15.0 Å². The maximum absolute atomic E-state index is 12.3. The van der Waals surface area contributed by atoms with Crippen LogP contribution in [0.5, 0.6) is 5.75 Å². The molecule has 0 aliphatic carbocycles. The molecule has 1 aliphatic rings. The lowest BCUT2D eigenvalue weighted by molar-refractivity contribution is -0.132. The van der Waals surface area contributed by atoms with Crippen molar-refractivity contribution < 1.29 is 17.9 Å². The standard InChI is InChI=1S/C18H29N3O4S/c1-15-6-8-17(9-7-15)25-14-4-5-18(22)21-12-10-16(11-13-21)19-26(23,24)20(2)3/h6-9,16,19H,4-5,10-14H2,1-3H3. The molecule has 26 heavy (non-hydrogen) atoms. The van der Waals surface area contributed by atoms with E-state index < -0.39 is 10.2 Å². The third kappa shape index (κ3) is 6.26. The van der Waals surface area contributed by atoms with Gasteiger partial charge < -0.3 is 9.64 Å². The minimum Gasteiger partial charge on any atom is -0.494 e. The summed E-state index contributed by atoms with van der Waals surface area (Å²) >= 11 is 0. The third-order valence-electron chi connectivity index (χ3n) is 4.47. The molecule has 8 heteroatoms. The molecule has 0 spiro atoms. The van der Waals surface area contributed by atoms with Crippen molar-refractivity contribution >= 4 is 16.1 Å². The van der Waals surface area contributed by atoms with Crippen molar-refractivity contribution in [1.82, 2.24) is 13.9 Å². The van der Waals surface area contributed by atoms with Gasteiger partial charge in [-0.2, -0.15) is 17.4 Å². The molecule has 146 valence electrons. The SMILES string of the molecule is Cc1ccc(OCCCC(=O)N2CCC(NS(=O)(=O)N(C)C)CC2)cc1. The molecule has 1 N–H and O–H groups in total. The first-order chi connectivity index (χ1) is 12.3. The summed E-state index contributed by atoms with van der Waals surface area (Å²) in [5.41, 5.74) is 1.18. The van der Waals surface area contributed by atoms with Crippen LogP contribution in [0.25, 0.3) is 0 Å². The van der Waals surface area contributed by atoms with Gasteiger partial charge in [-0.15, -0.1) is 0 Å². The number of benzene rings is 1. The van der Waals surface area contributed by atoms with Gasteiger partial charge in [-0.3, -0.25) is 4.79 Å². The molecule has 0 bridgehead atoms. The summed E-state index contributed by atoms with van der Waals surface area (Å²) in [4.78, 5) is 14.1. The smallest absolute Gasteiger partial charge is 0.279 e. The molecule has 1 amide bonds. The second-order valence-electron chi connectivity index (χ2n) is 6.83. The number of nitrogens with zero attached hydrogens (tertiary/aromatic N) is 2. The summed E-state index contributed by atoms with van der Waals surface area (Å²) < 4.78 is 33.2. The van der Waals surface area contributed by atoms with Gasteiger partial charge in [-0.25, -0.2) is 0 Å². The molecular weight excluding hydrogens is 354 g/mol. The highest BCUT2D eigenvalue weighted by molar-refractivity contribution is 7.87. The fourth-order valence-electron chi connectivity index (χ4n) is 2.77. The first kappa shape index (κ1) is 20.7. The van der Waals surface area contributed by atoms with E-state index in [1.807, 2.05) is 36.1 Å². The lowest BCUT2D eigenvalue weighted by atomic mass is 10.1. The van der Waals surface area contributed by atoms with Crippen molar-refractivity contribution in [3.8, 4) is 5.75 Å². The lowest BCUT2D eigenvalue weighted by Crippen LogP contribution is -2.49. The van der Waals surface area contributed by atoms with Crippen LogP contribution in [0.3, 0.4) is 0 Å². The van der Waals surface area contributed by atoms with Crippen LogP contribution in [0, 0.1) is 6.92 Å². The molecule has 0 unspecified atom stereocenters. The van der Waals surface area contributed by atoms with Crippen molar-refractivity contribution in [3.63, 3.8) is 0 Å². The first-order valence-electron chi connectivity index (χ1n) is 8.95. The number of hydrogen-bond acceptors (Lipinski definition) is 4. The highest BCUT2D eigenvalue weighted by Crippen LogP contribution is 2.15. The van der Waals surface area contributed by atoms with E-state index in [1.54, 1.807) is 0 Å². The van der Waals surface area contributed by atoms with Gasteiger partial charge in [0.2, 0.25) is 5.91 Å². The first-order valence-corrected chi connectivity index (χ1v) is 10.4. The summed E-state index contributed by atoms with van der Waals surface area (Å²) in [5, 5.41) is 0. The Morgan fingerprint density at radius 3 is 2.42 bits per heavy atom. The van der Waals surface area contributed by atoms with Crippen LogP contribution in [0.4, 0.5) is 0 Å². The minimum atomic E-state index is -3.42. The average molecular weight is 384 g/mol. The van der Waals surface area contributed by atoms with Gasteiger partial charge in [-0.1, -0.05) is 17.7 Å². The number of rotatable bonds is 8. The second-order valence-corrected chi connectivity index (χ2v) is 8.74. The maximum atomic E-state index is 12.3. The van der Waals surface area contributed by atoms with Crippen LogP contribution in [0.2, 0.25) is 0 Å². The molecule has 1 heterocycles. The predicted molar refractivity (Wildman–Crippen MR) is 101 cm³/mol. The van der Waals surface area contributed by atoms with Gasteiger partial charge in [0, 0.05) is 39.6 Å². The number of likely N-dealkylation sites (tertiary alicyclic amines) is 1. The Morgan fingerprint density at radius 2 is 1.85 bits per heavy atom. The molecular formula is C18H29N3O4S. The van der Waals surface area contributed by atoms with E-state index in [2.05, 4.69) is 4.72 Å². The Labute approximate surface area is 156 Å². The van der Waals surface area contributed by atoms with Crippen LogP contribution >= 0.6 is 0 Å². The molecule has 0 radical (unpaired) electrons. The Kier molecular flexibility index (Phi) is 7.43. The van der Waals surface area contributed by atoms with Crippen molar-refractivity contribution in [2.75, 3.05) is 33.8 Å². The Balaban J connectivity index is 1.66. The summed E-state index contributed by atoms with van der Waals surface area (Å²) in [5.74, 6) is 0.920. The lowest BCUT2D eigenvalue weighted by Gasteiger charge is -2.32. The van der Waals surface area contributed by atoms with Crippen molar-refractivity contribution in [2.24, 2.45) is 0 Å². The summed E-state index contributed by atoms with van der Waals surface area (Å²) in [6.45, 7) is 3.70. The van der Waals surface area contributed by atoms with Crippen molar-refractivity contribution in [3.05, 3.63) is 29.8 Å². The number of piperidine rings is 1. The Bertz CT molecular complexity index is 681. The minimum absolute atomic E-state index is 0.103. The summed E-state index contributed by atoms with van der Waals surface area (Å²) in [6.07, 6.45) is 2.39. The number of amides is 1. The van der Waals surface area contributed by atoms with Crippen LogP contribution in [0.15, 0.2) is 24.3 Å². The Hall–Kier alpha value is -1.64. The van der Waals surface area contributed by atoms with Gasteiger partial charge >= 0.3 is 0 Å². The second kappa shape index (κ2) is 9.34. The molecule has 1 saturated heterocycles. The number of carbonyl (C=O) groups excluding carboxylic acids is 1. The van der Waals surface area contributed by atoms with Gasteiger partial charge in [0.05, 0.1) is 6.61 Å². The average Bonchev–Trinajstić information content (AvgIpc) is 2.60. The quantitative estimate of drug-likeness (QED) is 0.691. The monoisotopic (exact) mass is 383 g/mol. The highest BCUT2D eigenvalue weighted by atomic mass is 32.2. The normalized spacial score (nSPS) is 16.1. The summed E-state index contributed by atoms with van der Waals surface area (Å²) in [7, 11) is -0.420. The zero-order valence-corrected chi connectivity index (χ0v) is 16.6. The van der Waals surface area contributed by atoms with Crippen LogP contribution < -0.4 is 9.46 Å². The largest absolute Gasteiger partial charge is 0.494 e. The molecule has 1 fully saturated rings. The van der Waals surface area contributed by atoms with Gasteiger partial charge in [-0.05, 0) is 38.3 Å². The molecule has 7 nitrogen and oxygen atoms in total. The number of hydrogen-bond donors (Lipinski definition) is 1. The molecule has 1 aromatic carbocycles. The van der Waals surface area contributed by atoms with Crippen LogP contribution in [0.1, 0.15) is 31.2 Å². The van der Waals surface area contributed by atoms with E-state index in [0.717, 1.165) is 5.75 Å². The van der Waals surface area contributed by atoms with Gasteiger partial charge in [0.1, 0.15) is 5.75 Å². The number of carbonyl (C=O) groups is 1. The van der Waals surface area contributed by atoms with Crippen molar-refractivity contribution in [2.45, 2.75) is 38.6 Å². The van der Waals surface area contributed by atoms with E-state index in [0.29, 0.717) is 45.4 Å². The Morgan fingerprint density at radius 1 is 1.23 bits per heavy atom. The molecule has 1 aliphatic heterocycles. The molecule has 0 atom stereocenters. The van der Waals surface area contributed by atoms with Crippen LogP contribution in [-0.4, -0.2) is 63.4 Å². The molecule has 0 aromatic heterocycles. The van der Waals surface area contributed by atoms with Gasteiger partial charge in [0.15, 0.2) is 0 Å². The third-order valence-corrected chi connectivity index (χ3v) is 6.06. The molecule has 1 aromatic rings. The topological polar surface area (TPSA) is 79.0 Å². The van der Waals surface area contributed by atoms with E-state index in [4.69, 9.17) is 4.74 Å². The number of nitrogens with one attached hydrogen (secondary N) is 1. The fourth-order valence-corrected chi connectivity index (χ4v) is 3.64. The zero-order valence-electron chi connectivity index (χ0n) is 15.8. The van der Waals surface area contributed by atoms with Crippen molar-refractivity contribution in [1.29, 1.82) is 0 Å². The maximum Gasteiger partial charge on any atom is 0.279 e. The molecule has 2 rings (SSSR count). The van der Waals surface area contributed by atoms with E-state index in [1.165, 1.54) is 24.0 Å². The van der Waals surface area contributed by atoms with E-state index in [9.17, 15) is 13.2 Å². The fraction of sp³-hybridized carbons (Fsp3) is 0.611. The van der Waals surface area contributed by atoms with E-state index >= 15 is 0 Å². The zero-order chi connectivity index (χ0) is 19.2. The van der Waals surface area contributed by atoms with Gasteiger partial charge in [0.25, 0.3) is 10.2 Å². The summed E-state index contributed by atoms with van der Waals surface area (Å²) in [6, 6.07) is 7.73. The molecule has 0 saturated carbocycles.